The summed E-state index contributed by atoms with van der Waals surface area (Å²) in [6, 6.07) is 0. The van der Waals surface area contributed by atoms with E-state index in [0.29, 0.717) is 5.92 Å². The summed E-state index contributed by atoms with van der Waals surface area (Å²) < 4.78 is 0. The minimum atomic E-state index is -0.105. The van der Waals surface area contributed by atoms with Gasteiger partial charge in [0, 0.05) is 0 Å². The van der Waals surface area contributed by atoms with Crippen LogP contribution in [-0.4, -0.2) is 11.2 Å². The fourth-order valence-corrected chi connectivity index (χ4v) is 0.861. The predicted octanol–water partition coefficient (Wildman–Crippen LogP) is 2.75. The van der Waals surface area contributed by atoms with Crippen LogP contribution < -0.4 is 0 Å². The molecule has 0 aliphatic heterocycles. The Morgan fingerprint density at radius 3 is 2.45 bits per heavy atom. The number of rotatable bonds is 5. The first-order valence-corrected chi connectivity index (χ1v) is 4.51. The SMILES string of the molecule is CCC(O)CCC=CC(C)C. The second-order valence-electron chi connectivity index (χ2n) is 3.31. The van der Waals surface area contributed by atoms with Gasteiger partial charge in [-0.2, -0.15) is 0 Å². The molecule has 0 saturated carbocycles. The molecule has 66 valence electrons. The van der Waals surface area contributed by atoms with Crippen molar-refractivity contribution in [1.82, 2.24) is 0 Å². The Kier molecular flexibility index (Phi) is 6.24. The second-order valence-corrected chi connectivity index (χ2v) is 3.31. The maximum absolute atomic E-state index is 9.19. The van der Waals surface area contributed by atoms with Gasteiger partial charge in [0.1, 0.15) is 0 Å². The van der Waals surface area contributed by atoms with Crippen LogP contribution in [-0.2, 0) is 0 Å². The summed E-state index contributed by atoms with van der Waals surface area (Å²) in [6.07, 6.45) is 7.01. The molecule has 0 amide bonds. The van der Waals surface area contributed by atoms with Crippen LogP contribution in [0.4, 0.5) is 0 Å². The smallest absolute Gasteiger partial charge is 0.0540 e. The van der Waals surface area contributed by atoms with Gasteiger partial charge < -0.3 is 5.11 Å². The number of allylic oxidation sites excluding steroid dienone is 2. The monoisotopic (exact) mass is 156 g/mol. The lowest BCUT2D eigenvalue weighted by Gasteiger charge is -2.03. The largest absolute Gasteiger partial charge is 0.393 e. The van der Waals surface area contributed by atoms with Crippen molar-refractivity contribution in [2.45, 2.75) is 46.1 Å². The fraction of sp³-hybridized carbons (Fsp3) is 0.800. The molecular weight excluding hydrogens is 136 g/mol. The molecule has 0 fully saturated rings. The lowest BCUT2D eigenvalue weighted by atomic mass is 10.1. The lowest BCUT2D eigenvalue weighted by Crippen LogP contribution is -2.02. The molecule has 0 spiro atoms. The highest BCUT2D eigenvalue weighted by molar-refractivity contribution is 4.84. The quantitative estimate of drug-likeness (QED) is 0.607. The minimum absolute atomic E-state index is 0.105. The van der Waals surface area contributed by atoms with Crippen molar-refractivity contribution in [2.24, 2.45) is 5.92 Å². The van der Waals surface area contributed by atoms with E-state index in [1.54, 1.807) is 0 Å². The Labute approximate surface area is 70.1 Å². The first-order valence-electron chi connectivity index (χ1n) is 4.51. The molecule has 0 saturated heterocycles. The third kappa shape index (κ3) is 7.60. The van der Waals surface area contributed by atoms with Gasteiger partial charge in [0.2, 0.25) is 0 Å². The number of hydrogen-bond donors (Lipinski definition) is 1. The van der Waals surface area contributed by atoms with E-state index in [1.165, 1.54) is 0 Å². The molecule has 1 N–H and O–H groups in total. The molecule has 0 heterocycles. The van der Waals surface area contributed by atoms with Gasteiger partial charge in [-0.3, -0.25) is 0 Å². The summed E-state index contributed by atoms with van der Waals surface area (Å²) in [5, 5.41) is 9.19. The first-order chi connectivity index (χ1) is 5.16. The highest BCUT2D eigenvalue weighted by atomic mass is 16.3. The van der Waals surface area contributed by atoms with Crippen molar-refractivity contribution in [3.05, 3.63) is 12.2 Å². The summed E-state index contributed by atoms with van der Waals surface area (Å²) in [4.78, 5) is 0. The highest BCUT2D eigenvalue weighted by Crippen LogP contribution is 2.03. The normalized spacial score (nSPS) is 14.6. The fourth-order valence-electron chi connectivity index (χ4n) is 0.861. The van der Waals surface area contributed by atoms with E-state index in [0.717, 1.165) is 19.3 Å². The van der Waals surface area contributed by atoms with E-state index in [4.69, 9.17) is 0 Å². The Balaban J connectivity index is 3.26. The van der Waals surface area contributed by atoms with Crippen LogP contribution in [0.1, 0.15) is 40.0 Å². The molecule has 1 heteroatoms. The van der Waals surface area contributed by atoms with Crippen molar-refractivity contribution in [2.75, 3.05) is 0 Å². The molecule has 0 rings (SSSR count). The molecule has 0 aliphatic carbocycles. The van der Waals surface area contributed by atoms with Gasteiger partial charge >= 0.3 is 0 Å². The Morgan fingerprint density at radius 2 is 2.00 bits per heavy atom. The molecule has 1 unspecified atom stereocenters. The van der Waals surface area contributed by atoms with Crippen LogP contribution in [0.25, 0.3) is 0 Å². The van der Waals surface area contributed by atoms with Crippen molar-refractivity contribution in [1.29, 1.82) is 0 Å². The topological polar surface area (TPSA) is 20.2 Å². The number of aliphatic hydroxyl groups excluding tert-OH is 1. The Bertz CT molecular complexity index is 105. The van der Waals surface area contributed by atoms with Crippen LogP contribution >= 0.6 is 0 Å². The minimum Gasteiger partial charge on any atom is -0.393 e. The number of aliphatic hydroxyl groups is 1. The van der Waals surface area contributed by atoms with Gasteiger partial charge in [0.15, 0.2) is 0 Å². The van der Waals surface area contributed by atoms with Gasteiger partial charge in [-0.25, -0.2) is 0 Å². The first kappa shape index (κ1) is 10.7. The summed E-state index contributed by atoms with van der Waals surface area (Å²) in [5.41, 5.74) is 0. The average Bonchev–Trinajstić information content (AvgIpc) is 1.97. The van der Waals surface area contributed by atoms with Crippen molar-refractivity contribution >= 4 is 0 Å². The highest BCUT2D eigenvalue weighted by Gasteiger charge is 1.96. The molecule has 11 heavy (non-hydrogen) atoms. The zero-order valence-electron chi connectivity index (χ0n) is 7.88. The van der Waals surface area contributed by atoms with Crippen LogP contribution in [0.5, 0.6) is 0 Å². The van der Waals surface area contributed by atoms with Crippen LogP contribution in [0.3, 0.4) is 0 Å². The van der Waals surface area contributed by atoms with E-state index < -0.39 is 0 Å². The van der Waals surface area contributed by atoms with Gasteiger partial charge in [-0.05, 0) is 25.2 Å². The zero-order chi connectivity index (χ0) is 8.69. The van der Waals surface area contributed by atoms with E-state index in [2.05, 4.69) is 26.0 Å². The lowest BCUT2D eigenvalue weighted by molar-refractivity contribution is 0.161. The molecular formula is C10H20O. The summed E-state index contributed by atoms with van der Waals surface area (Å²) in [5.74, 6) is 0.633. The molecule has 1 atom stereocenters. The van der Waals surface area contributed by atoms with E-state index in [-0.39, 0.29) is 6.10 Å². The molecule has 0 aliphatic rings. The third-order valence-corrected chi connectivity index (χ3v) is 1.66. The average molecular weight is 156 g/mol. The molecule has 0 aromatic carbocycles. The van der Waals surface area contributed by atoms with Gasteiger partial charge in [0.25, 0.3) is 0 Å². The second kappa shape index (κ2) is 6.41. The molecule has 0 bridgehead atoms. The van der Waals surface area contributed by atoms with Gasteiger partial charge in [0.05, 0.1) is 6.10 Å². The van der Waals surface area contributed by atoms with Gasteiger partial charge in [-0.1, -0.05) is 32.9 Å². The van der Waals surface area contributed by atoms with Crippen LogP contribution in [0.2, 0.25) is 0 Å². The Morgan fingerprint density at radius 1 is 1.36 bits per heavy atom. The van der Waals surface area contributed by atoms with Crippen molar-refractivity contribution in [3.8, 4) is 0 Å². The molecule has 0 aromatic rings. The zero-order valence-corrected chi connectivity index (χ0v) is 7.88. The molecule has 0 radical (unpaired) electrons. The van der Waals surface area contributed by atoms with Crippen LogP contribution in [0.15, 0.2) is 12.2 Å². The van der Waals surface area contributed by atoms with E-state index in [9.17, 15) is 5.11 Å². The maximum atomic E-state index is 9.19. The van der Waals surface area contributed by atoms with Gasteiger partial charge in [-0.15, -0.1) is 0 Å². The summed E-state index contributed by atoms with van der Waals surface area (Å²) in [6.45, 7) is 6.33. The number of hydrogen-bond acceptors (Lipinski definition) is 1. The van der Waals surface area contributed by atoms with Crippen molar-refractivity contribution < 1.29 is 5.11 Å². The molecule has 1 nitrogen and oxygen atoms in total. The van der Waals surface area contributed by atoms with E-state index >= 15 is 0 Å². The Hall–Kier alpha value is -0.300. The summed E-state index contributed by atoms with van der Waals surface area (Å²) in [7, 11) is 0. The molecule has 0 aromatic heterocycles. The summed E-state index contributed by atoms with van der Waals surface area (Å²) >= 11 is 0. The van der Waals surface area contributed by atoms with E-state index in [1.807, 2.05) is 6.92 Å². The van der Waals surface area contributed by atoms with Crippen molar-refractivity contribution in [3.63, 3.8) is 0 Å². The maximum Gasteiger partial charge on any atom is 0.0540 e. The third-order valence-electron chi connectivity index (χ3n) is 1.66. The predicted molar refractivity (Wildman–Crippen MR) is 49.5 cm³/mol. The van der Waals surface area contributed by atoms with Crippen LogP contribution in [0, 0.1) is 5.92 Å². The standard InChI is InChI=1S/C10H20O/c1-4-10(11)8-6-5-7-9(2)3/h5,7,9-11H,4,6,8H2,1-3H3.